The first-order valence-corrected chi connectivity index (χ1v) is 8.39. The zero-order valence-electron chi connectivity index (χ0n) is 13.6. The molecule has 0 spiro atoms. The second kappa shape index (κ2) is 7.26. The van der Waals surface area contributed by atoms with E-state index in [9.17, 15) is 0 Å². The average Bonchev–Trinajstić information content (AvgIpc) is 2.45. The zero-order valence-corrected chi connectivity index (χ0v) is 13.6. The number of benzene rings is 1. The average molecular weight is 273 g/mol. The predicted molar refractivity (Wildman–Crippen MR) is 87.7 cm³/mol. The summed E-state index contributed by atoms with van der Waals surface area (Å²) in [4.78, 5) is 0. The molecule has 1 aromatic carbocycles. The first-order chi connectivity index (χ1) is 9.58. The highest BCUT2D eigenvalue weighted by Gasteiger charge is 2.27. The fourth-order valence-electron chi connectivity index (χ4n) is 3.57. The summed E-state index contributed by atoms with van der Waals surface area (Å²) < 4.78 is 0. The molecule has 0 heterocycles. The summed E-state index contributed by atoms with van der Waals surface area (Å²) in [6.07, 6.45) is 5.51. The zero-order chi connectivity index (χ0) is 14.5. The quantitative estimate of drug-likeness (QED) is 0.778. The normalized spacial score (nSPS) is 25.1. The molecule has 20 heavy (non-hydrogen) atoms. The molecule has 1 saturated carbocycles. The Balaban J connectivity index is 2.02. The van der Waals surface area contributed by atoms with Crippen LogP contribution in [0.25, 0.3) is 0 Å². The molecule has 1 nitrogen and oxygen atoms in total. The Labute approximate surface area is 125 Å². The van der Waals surface area contributed by atoms with Gasteiger partial charge in [-0.1, -0.05) is 70.9 Å². The van der Waals surface area contributed by atoms with Crippen molar-refractivity contribution in [3.05, 3.63) is 35.9 Å². The van der Waals surface area contributed by atoms with E-state index in [1.54, 1.807) is 0 Å². The highest BCUT2D eigenvalue weighted by Crippen LogP contribution is 2.32. The van der Waals surface area contributed by atoms with Crippen molar-refractivity contribution in [3.63, 3.8) is 0 Å². The van der Waals surface area contributed by atoms with Crippen LogP contribution < -0.4 is 5.32 Å². The van der Waals surface area contributed by atoms with Crippen molar-refractivity contribution in [1.82, 2.24) is 5.32 Å². The smallest absolute Gasteiger partial charge is 0.0345 e. The monoisotopic (exact) mass is 273 g/mol. The van der Waals surface area contributed by atoms with E-state index in [0.717, 1.165) is 11.8 Å². The van der Waals surface area contributed by atoms with Gasteiger partial charge in [-0.3, -0.25) is 0 Å². The van der Waals surface area contributed by atoms with Gasteiger partial charge in [-0.2, -0.15) is 0 Å². The first-order valence-electron chi connectivity index (χ1n) is 8.39. The second-order valence-corrected chi connectivity index (χ2v) is 7.17. The van der Waals surface area contributed by atoms with Gasteiger partial charge in [0.1, 0.15) is 0 Å². The Morgan fingerprint density at radius 2 is 1.70 bits per heavy atom. The SMILES string of the molecule is CC(C)C1CCCC(NC(c2ccccc2)C(C)C)C1. The predicted octanol–water partition coefficient (Wildman–Crippen LogP) is 5.19. The molecular formula is C19H31N. The van der Waals surface area contributed by atoms with Crippen molar-refractivity contribution in [2.24, 2.45) is 17.8 Å². The molecular weight excluding hydrogens is 242 g/mol. The number of hydrogen-bond donors (Lipinski definition) is 1. The van der Waals surface area contributed by atoms with Crippen LogP contribution in [0.5, 0.6) is 0 Å². The Kier molecular flexibility index (Phi) is 5.65. The van der Waals surface area contributed by atoms with Gasteiger partial charge in [0.15, 0.2) is 0 Å². The molecule has 0 aromatic heterocycles. The molecule has 1 aromatic rings. The highest BCUT2D eigenvalue weighted by atomic mass is 15.0. The van der Waals surface area contributed by atoms with Crippen molar-refractivity contribution in [1.29, 1.82) is 0 Å². The van der Waals surface area contributed by atoms with Gasteiger partial charge in [-0.05, 0) is 36.2 Å². The lowest BCUT2D eigenvalue weighted by atomic mass is 9.78. The molecule has 0 amide bonds. The lowest BCUT2D eigenvalue weighted by Crippen LogP contribution is -2.39. The third-order valence-corrected chi connectivity index (χ3v) is 4.90. The number of rotatable bonds is 5. The van der Waals surface area contributed by atoms with E-state index in [0.29, 0.717) is 18.0 Å². The van der Waals surface area contributed by atoms with Gasteiger partial charge in [0.05, 0.1) is 0 Å². The maximum atomic E-state index is 3.96. The highest BCUT2D eigenvalue weighted by molar-refractivity contribution is 5.19. The Morgan fingerprint density at radius 1 is 1.00 bits per heavy atom. The van der Waals surface area contributed by atoms with Gasteiger partial charge in [0.2, 0.25) is 0 Å². The van der Waals surface area contributed by atoms with Crippen LogP contribution in [0.15, 0.2) is 30.3 Å². The van der Waals surface area contributed by atoms with Crippen LogP contribution >= 0.6 is 0 Å². The molecule has 1 aliphatic rings. The van der Waals surface area contributed by atoms with Crippen LogP contribution in [0.4, 0.5) is 0 Å². The molecule has 1 N–H and O–H groups in total. The van der Waals surface area contributed by atoms with Crippen molar-refractivity contribution in [2.45, 2.75) is 65.5 Å². The van der Waals surface area contributed by atoms with Gasteiger partial charge in [0.25, 0.3) is 0 Å². The van der Waals surface area contributed by atoms with Gasteiger partial charge < -0.3 is 5.32 Å². The number of nitrogens with one attached hydrogen (secondary N) is 1. The topological polar surface area (TPSA) is 12.0 Å². The first kappa shape index (κ1) is 15.6. The van der Waals surface area contributed by atoms with Crippen LogP contribution in [0.1, 0.15) is 65.0 Å². The minimum absolute atomic E-state index is 0.493. The Hall–Kier alpha value is -0.820. The van der Waals surface area contributed by atoms with E-state index in [2.05, 4.69) is 63.3 Å². The van der Waals surface area contributed by atoms with E-state index < -0.39 is 0 Å². The summed E-state index contributed by atoms with van der Waals surface area (Å²) in [6.45, 7) is 9.41. The fourth-order valence-corrected chi connectivity index (χ4v) is 3.57. The van der Waals surface area contributed by atoms with Crippen molar-refractivity contribution in [3.8, 4) is 0 Å². The summed E-state index contributed by atoms with van der Waals surface area (Å²) >= 11 is 0. The molecule has 112 valence electrons. The summed E-state index contributed by atoms with van der Waals surface area (Å²) in [6, 6.07) is 12.1. The van der Waals surface area contributed by atoms with Gasteiger partial charge in [-0.25, -0.2) is 0 Å². The maximum Gasteiger partial charge on any atom is 0.0345 e. The fraction of sp³-hybridized carbons (Fsp3) is 0.684. The third-order valence-electron chi connectivity index (χ3n) is 4.90. The van der Waals surface area contributed by atoms with E-state index in [1.807, 2.05) is 0 Å². The number of hydrogen-bond acceptors (Lipinski definition) is 1. The Morgan fingerprint density at radius 3 is 2.30 bits per heavy atom. The summed E-state index contributed by atoms with van der Waals surface area (Å²) in [5.74, 6) is 2.37. The lowest BCUT2D eigenvalue weighted by Gasteiger charge is -2.36. The molecule has 1 fully saturated rings. The molecule has 0 radical (unpaired) electrons. The van der Waals surface area contributed by atoms with E-state index in [-0.39, 0.29) is 0 Å². The molecule has 1 aliphatic carbocycles. The molecule has 0 bridgehead atoms. The van der Waals surface area contributed by atoms with E-state index in [1.165, 1.54) is 31.2 Å². The lowest BCUT2D eigenvalue weighted by molar-refractivity contribution is 0.210. The minimum atomic E-state index is 0.493. The van der Waals surface area contributed by atoms with Gasteiger partial charge in [0, 0.05) is 12.1 Å². The minimum Gasteiger partial charge on any atom is -0.307 e. The summed E-state index contributed by atoms with van der Waals surface area (Å²) in [7, 11) is 0. The molecule has 1 heteroatoms. The molecule has 0 saturated heterocycles. The molecule has 0 aliphatic heterocycles. The standard InChI is InChI=1S/C19H31N/c1-14(2)17-11-8-12-18(13-17)20-19(15(3)4)16-9-6-5-7-10-16/h5-7,9-10,14-15,17-20H,8,11-13H2,1-4H3. The van der Waals surface area contributed by atoms with Crippen LogP contribution in [-0.4, -0.2) is 6.04 Å². The van der Waals surface area contributed by atoms with E-state index >= 15 is 0 Å². The summed E-state index contributed by atoms with van der Waals surface area (Å²) in [5.41, 5.74) is 1.44. The van der Waals surface area contributed by atoms with Crippen LogP contribution in [0, 0.1) is 17.8 Å². The second-order valence-electron chi connectivity index (χ2n) is 7.17. The van der Waals surface area contributed by atoms with Crippen molar-refractivity contribution < 1.29 is 0 Å². The van der Waals surface area contributed by atoms with Gasteiger partial charge >= 0.3 is 0 Å². The van der Waals surface area contributed by atoms with Crippen molar-refractivity contribution >= 4 is 0 Å². The van der Waals surface area contributed by atoms with Gasteiger partial charge in [-0.15, -0.1) is 0 Å². The van der Waals surface area contributed by atoms with Crippen LogP contribution in [0.2, 0.25) is 0 Å². The molecule has 2 rings (SSSR count). The van der Waals surface area contributed by atoms with E-state index in [4.69, 9.17) is 0 Å². The van der Waals surface area contributed by atoms with Crippen LogP contribution in [-0.2, 0) is 0 Å². The third kappa shape index (κ3) is 4.09. The largest absolute Gasteiger partial charge is 0.307 e. The maximum absolute atomic E-state index is 3.96. The molecule has 3 unspecified atom stereocenters. The van der Waals surface area contributed by atoms with Crippen molar-refractivity contribution in [2.75, 3.05) is 0 Å². The van der Waals surface area contributed by atoms with Crippen LogP contribution in [0.3, 0.4) is 0 Å². The summed E-state index contributed by atoms with van der Waals surface area (Å²) in [5, 5.41) is 3.96. The molecule has 3 atom stereocenters. The Bertz CT molecular complexity index is 382.